The van der Waals surface area contributed by atoms with Crippen LogP contribution in [0, 0.1) is 5.92 Å². The van der Waals surface area contributed by atoms with Gasteiger partial charge >= 0.3 is 0 Å². The van der Waals surface area contributed by atoms with Crippen LogP contribution < -0.4 is 4.72 Å². The molecule has 1 aliphatic heterocycles. The molecule has 4 nitrogen and oxygen atoms in total. The zero-order chi connectivity index (χ0) is 11.1. The Labute approximate surface area is 96.4 Å². The van der Waals surface area contributed by atoms with Crippen molar-refractivity contribution >= 4 is 21.6 Å². The molecule has 0 atom stereocenters. The van der Waals surface area contributed by atoms with Crippen LogP contribution in [0.25, 0.3) is 0 Å². The van der Waals surface area contributed by atoms with Gasteiger partial charge in [0.2, 0.25) is 10.0 Å². The maximum absolute atomic E-state index is 11.4. The van der Waals surface area contributed by atoms with E-state index in [1.54, 1.807) is 0 Å². The van der Waals surface area contributed by atoms with E-state index in [2.05, 4.69) is 4.72 Å². The van der Waals surface area contributed by atoms with Crippen molar-refractivity contribution in [2.24, 2.45) is 5.92 Å². The summed E-state index contributed by atoms with van der Waals surface area (Å²) < 4.78 is 30.7. The van der Waals surface area contributed by atoms with Crippen LogP contribution in [0.1, 0.15) is 19.3 Å². The normalized spacial score (nSPS) is 19.3. The lowest BCUT2D eigenvalue weighted by molar-refractivity contribution is 0.0678. The first-order valence-electron chi connectivity index (χ1n) is 5.25. The van der Waals surface area contributed by atoms with Gasteiger partial charge in [-0.3, -0.25) is 0 Å². The van der Waals surface area contributed by atoms with Gasteiger partial charge < -0.3 is 4.74 Å². The first-order valence-corrected chi connectivity index (χ1v) is 7.44. The third-order valence-electron chi connectivity index (χ3n) is 2.48. The fourth-order valence-corrected chi connectivity index (χ4v) is 2.96. The van der Waals surface area contributed by atoms with Gasteiger partial charge in [0.25, 0.3) is 0 Å². The van der Waals surface area contributed by atoms with Crippen LogP contribution >= 0.6 is 11.6 Å². The van der Waals surface area contributed by atoms with Crippen LogP contribution in [0.15, 0.2) is 0 Å². The van der Waals surface area contributed by atoms with Crippen LogP contribution in [0.2, 0.25) is 0 Å². The summed E-state index contributed by atoms with van der Waals surface area (Å²) in [6.45, 7) is 2.02. The van der Waals surface area contributed by atoms with Crippen molar-refractivity contribution < 1.29 is 13.2 Å². The fraction of sp³-hybridized carbons (Fsp3) is 1.00. The molecule has 90 valence electrons. The molecule has 0 aromatic carbocycles. The molecule has 1 saturated heterocycles. The van der Waals surface area contributed by atoms with Gasteiger partial charge in [0.15, 0.2) is 0 Å². The van der Waals surface area contributed by atoms with E-state index in [4.69, 9.17) is 16.3 Å². The predicted octanol–water partition coefficient (Wildman–Crippen LogP) is 0.961. The van der Waals surface area contributed by atoms with Gasteiger partial charge in [0.1, 0.15) is 0 Å². The summed E-state index contributed by atoms with van der Waals surface area (Å²) in [5.74, 6) is 0.933. The van der Waals surface area contributed by atoms with Crippen molar-refractivity contribution in [3.8, 4) is 0 Å². The van der Waals surface area contributed by atoms with Crippen LogP contribution in [0.4, 0.5) is 0 Å². The molecule has 0 spiro atoms. The second-order valence-corrected chi connectivity index (χ2v) is 6.07. The van der Waals surface area contributed by atoms with Crippen molar-refractivity contribution in [1.29, 1.82) is 0 Å². The molecule has 0 aromatic rings. The predicted molar refractivity (Wildman–Crippen MR) is 60.7 cm³/mol. The molecular weight excluding hydrogens is 238 g/mol. The summed E-state index contributed by atoms with van der Waals surface area (Å²) in [4.78, 5) is 0. The zero-order valence-electron chi connectivity index (χ0n) is 8.75. The average Bonchev–Trinajstić information content (AvgIpc) is 2.25. The number of ether oxygens (including phenoxy) is 1. The molecule has 0 aromatic heterocycles. The number of nitrogens with one attached hydrogen (secondary N) is 1. The monoisotopic (exact) mass is 255 g/mol. The number of hydrogen-bond donors (Lipinski definition) is 1. The van der Waals surface area contributed by atoms with Crippen LogP contribution in [-0.4, -0.2) is 39.8 Å². The first-order chi connectivity index (χ1) is 7.14. The summed E-state index contributed by atoms with van der Waals surface area (Å²) in [7, 11) is -3.12. The number of rotatable bonds is 6. The van der Waals surface area contributed by atoms with Crippen LogP contribution in [0.3, 0.4) is 0 Å². The highest BCUT2D eigenvalue weighted by Gasteiger charge is 2.16. The Balaban J connectivity index is 2.22. The van der Waals surface area contributed by atoms with Gasteiger partial charge in [-0.25, -0.2) is 13.1 Å². The van der Waals surface area contributed by atoms with E-state index < -0.39 is 10.0 Å². The molecule has 0 amide bonds. The minimum atomic E-state index is -3.12. The molecule has 0 aliphatic carbocycles. The van der Waals surface area contributed by atoms with Gasteiger partial charge in [-0.05, 0) is 25.2 Å². The second kappa shape index (κ2) is 6.68. The highest BCUT2D eigenvalue weighted by Crippen LogP contribution is 2.13. The van der Waals surface area contributed by atoms with Gasteiger partial charge in [-0.15, -0.1) is 11.6 Å². The van der Waals surface area contributed by atoms with Crippen molar-refractivity contribution in [3.05, 3.63) is 0 Å². The van der Waals surface area contributed by atoms with Crippen molar-refractivity contribution in [3.63, 3.8) is 0 Å². The van der Waals surface area contributed by atoms with Crippen molar-refractivity contribution in [2.45, 2.75) is 19.3 Å². The Morgan fingerprint density at radius 3 is 2.60 bits per heavy atom. The Morgan fingerprint density at radius 1 is 1.33 bits per heavy atom. The fourth-order valence-electron chi connectivity index (χ4n) is 1.51. The lowest BCUT2D eigenvalue weighted by Crippen LogP contribution is -2.33. The smallest absolute Gasteiger partial charge is 0.211 e. The second-order valence-electron chi connectivity index (χ2n) is 3.77. The highest BCUT2D eigenvalue weighted by molar-refractivity contribution is 7.89. The van der Waals surface area contributed by atoms with E-state index in [1.165, 1.54) is 0 Å². The molecule has 1 rings (SSSR count). The highest BCUT2D eigenvalue weighted by atomic mass is 35.5. The molecule has 15 heavy (non-hydrogen) atoms. The lowest BCUT2D eigenvalue weighted by atomic mass is 10.0. The molecule has 1 aliphatic rings. The molecule has 1 N–H and O–H groups in total. The van der Waals surface area contributed by atoms with E-state index >= 15 is 0 Å². The summed E-state index contributed by atoms with van der Waals surface area (Å²) in [5, 5.41) is 0. The van der Waals surface area contributed by atoms with E-state index in [1.807, 2.05) is 0 Å². The zero-order valence-corrected chi connectivity index (χ0v) is 10.3. The van der Waals surface area contributed by atoms with Crippen molar-refractivity contribution in [1.82, 2.24) is 4.72 Å². The van der Waals surface area contributed by atoms with E-state index in [0.29, 0.717) is 24.8 Å². The van der Waals surface area contributed by atoms with Crippen LogP contribution in [0.5, 0.6) is 0 Å². The molecule has 0 unspecified atom stereocenters. The summed E-state index contributed by atoms with van der Waals surface area (Å²) in [6, 6.07) is 0. The van der Waals surface area contributed by atoms with Crippen molar-refractivity contribution in [2.75, 3.05) is 31.4 Å². The largest absolute Gasteiger partial charge is 0.381 e. The Morgan fingerprint density at radius 2 is 2.00 bits per heavy atom. The maximum atomic E-state index is 11.4. The lowest BCUT2D eigenvalue weighted by Gasteiger charge is -2.22. The SMILES string of the molecule is O=S(=O)(CCCCl)NCC1CCOCC1. The molecule has 6 heteroatoms. The number of sulfonamides is 1. The standard InChI is InChI=1S/C9H18ClNO3S/c10-4-1-7-15(12,13)11-8-9-2-5-14-6-3-9/h9,11H,1-8H2. The maximum Gasteiger partial charge on any atom is 0.211 e. The van der Waals surface area contributed by atoms with Gasteiger partial charge in [-0.2, -0.15) is 0 Å². The third kappa shape index (κ3) is 5.70. The van der Waals surface area contributed by atoms with E-state index in [0.717, 1.165) is 26.1 Å². The topological polar surface area (TPSA) is 55.4 Å². The van der Waals surface area contributed by atoms with Gasteiger partial charge in [0.05, 0.1) is 5.75 Å². The minimum Gasteiger partial charge on any atom is -0.381 e. The number of alkyl halides is 1. The third-order valence-corrected chi connectivity index (χ3v) is 4.18. The molecule has 1 fully saturated rings. The molecule has 0 saturated carbocycles. The number of hydrogen-bond acceptors (Lipinski definition) is 3. The minimum absolute atomic E-state index is 0.125. The van der Waals surface area contributed by atoms with Gasteiger partial charge in [-0.1, -0.05) is 0 Å². The Bertz CT molecular complexity index is 263. The summed E-state index contributed by atoms with van der Waals surface area (Å²) >= 11 is 5.45. The Kier molecular flexibility index (Phi) is 5.89. The summed E-state index contributed by atoms with van der Waals surface area (Å²) in [6.07, 6.45) is 2.39. The van der Waals surface area contributed by atoms with Gasteiger partial charge in [0, 0.05) is 25.6 Å². The van der Waals surface area contributed by atoms with E-state index in [9.17, 15) is 8.42 Å². The van der Waals surface area contributed by atoms with E-state index in [-0.39, 0.29) is 5.75 Å². The molecule has 1 heterocycles. The molecular formula is C9H18ClNO3S. The first kappa shape index (κ1) is 13.2. The van der Waals surface area contributed by atoms with Crippen LogP contribution in [-0.2, 0) is 14.8 Å². The quantitative estimate of drug-likeness (QED) is 0.720. The summed E-state index contributed by atoms with van der Waals surface area (Å²) in [5.41, 5.74) is 0. The number of halogens is 1. The molecule has 0 bridgehead atoms. The Hall–Kier alpha value is 0.160. The average molecular weight is 256 g/mol. The molecule has 0 radical (unpaired) electrons.